The quantitative estimate of drug-likeness (QED) is 0.677. The molecule has 0 aromatic carbocycles. The highest BCUT2D eigenvalue weighted by atomic mass is 16.2. The van der Waals surface area contributed by atoms with E-state index in [2.05, 4.69) is 34.3 Å². The fraction of sp³-hybridized carbons (Fsp3) is 0.800. The second-order valence-corrected chi connectivity index (χ2v) is 8.42. The SMILES string of the molecule is C=C1CC[C@H]2C(C)(C)CCC[C@]2(C)[C@H]1CCC(C)=CCO. The van der Waals surface area contributed by atoms with Crippen molar-refractivity contribution in [2.75, 3.05) is 6.61 Å². The first kappa shape index (κ1) is 16.8. The highest BCUT2D eigenvalue weighted by Crippen LogP contribution is 2.61. The topological polar surface area (TPSA) is 20.2 Å². The summed E-state index contributed by atoms with van der Waals surface area (Å²) in [6.07, 6.45) is 11.0. The summed E-state index contributed by atoms with van der Waals surface area (Å²) in [5, 5.41) is 9.04. The monoisotopic (exact) mass is 290 g/mol. The number of aliphatic hydroxyl groups is 1. The lowest BCUT2D eigenvalue weighted by Gasteiger charge is -2.58. The summed E-state index contributed by atoms with van der Waals surface area (Å²) >= 11 is 0. The zero-order chi connectivity index (χ0) is 15.7. The van der Waals surface area contributed by atoms with Gasteiger partial charge in [-0.15, -0.1) is 0 Å². The number of rotatable bonds is 4. The molecule has 0 saturated heterocycles. The molecule has 120 valence electrons. The van der Waals surface area contributed by atoms with E-state index < -0.39 is 0 Å². The lowest BCUT2D eigenvalue weighted by Crippen LogP contribution is -2.49. The Morgan fingerprint density at radius 3 is 2.71 bits per heavy atom. The highest BCUT2D eigenvalue weighted by Gasteiger charge is 2.52. The molecule has 0 spiro atoms. The fourth-order valence-corrected chi connectivity index (χ4v) is 5.44. The largest absolute Gasteiger partial charge is 0.392 e. The lowest BCUT2D eigenvalue weighted by molar-refractivity contribution is -0.0539. The number of allylic oxidation sites excluding steroid dienone is 2. The van der Waals surface area contributed by atoms with Gasteiger partial charge < -0.3 is 5.11 Å². The molecule has 2 aliphatic carbocycles. The van der Waals surface area contributed by atoms with Gasteiger partial charge in [0.25, 0.3) is 0 Å². The van der Waals surface area contributed by atoms with Gasteiger partial charge in [0.2, 0.25) is 0 Å². The third-order valence-electron chi connectivity index (χ3n) is 6.59. The zero-order valence-corrected chi connectivity index (χ0v) is 14.5. The molecule has 0 unspecified atom stereocenters. The second-order valence-electron chi connectivity index (χ2n) is 8.42. The van der Waals surface area contributed by atoms with Crippen molar-refractivity contribution in [3.8, 4) is 0 Å². The fourth-order valence-electron chi connectivity index (χ4n) is 5.44. The molecule has 21 heavy (non-hydrogen) atoms. The van der Waals surface area contributed by atoms with Gasteiger partial charge in [0.05, 0.1) is 6.61 Å². The van der Waals surface area contributed by atoms with Crippen molar-refractivity contribution in [1.29, 1.82) is 0 Å². The van der Waals surface area contributed by atoms with Gasteiger partial charge in [-0.25, -0.2) is 0 Å². The number of fused-ring (bicyclic) bond motifs is 1. The van der Waals surface area contributed by atoms with Gasteiger partial charge in [-0.1, -0.05) is 51.0 Å². The van der Waals surface area contributed by atoms with Crippen LogP contribution in [0.4, 0.5) is 0 Å². The average Bonchev–Trinajstić information content (AvgIpc) is 2.37. The molecule has 1 nitrogen and oxygen atoms in total. The Bertz CT molecular complexity index is 418. The minimum absolute atomic E-state index is 0.171. The second kappa shape index (κ2) is 6.28. The van der Waals surface area contributed by atoms with Gasteiger partial charge in [-0.2, -0.15) is 0 Å². The van der Waals surface area contributed by atoms with Crippen molar-refractivity contribution in [3.63, 3.8) is 0 Å². The third-order valence-corrected chi connectivity index (χ3v) is 6.59. The van der Waals surface area contributed by atoms with Gasteiger partial charge in [-0.3, -0.25) is 0 Å². The highest BCUT2D eigenvalue weighted by molar-refractivity contribution is 5.16. The van der Waals surface area contributed by atoms with Crippen molar-refractivity contribution in [2.45, 2.75) is 72.6 Å². The van der Waals surface area contributed by atoms with E-state index in [4.69, 9.17) is 5.11 Å². The summed E-state index contributed by atoms with van der Waals surface area (Å²) in [5.41, 5.74) is 3.74. The molecule has 3 atom stereocenters. The van der Waals surface area contributed by atoms with Crippen molar-refractivity contribution >= 4 is 0 Å². The van der Waals surface area contributed by atoms with Crippen LogP contribution >= 0.6 is 0 Å². The summed E-state index contributed by atoms with van der Waals surface area (Å²) in [6.45, 7) is 14.3. The van der Waals surface area contributed by atoms with Crippen LogP contribution < -0.4 is 0 Å². The maximum absolute atomic E-state index is 9.04. The maximum Gasteiger partial charge on any atom is 0.0614 e. The Hall–Kier alpha value is -0.560. The van der Waals surface area contributed by atoms with Crippen molar-refractivity contribution in [1.82, 2.24) is 0 Å². The van der Waals surface area contributed by atoms with Crippen LogP contribution in [0.3, 0.4) is 0 Å². The zero-order valence-electron chi connectivity index (χ0n) is 14.5. The van der Waals surface area contributed by atoms with Crippen LogP contribution in [0.25, 0.3) is 0 Å². The first-order chi connectivity index (χ1) is 9.81. The molecule has 0 heterocycles. The van der Waals surface area contributed by atoms with E-state index in [0.29, 0.717) is 16.7 Å². The molecule has 1 heteroatoms. The number of hydrogen-bond donors (Lipinski definition) is 1. The molecule has 0 bridgehead atoms. The third kappa shape index (κ3) is 3.28. The van der Waals surface area contributed by atoms with E-state index in [1.807, 2.05) is 6.08 Å². The predicted molar refractivity (Wildman–Crippen MR) is 91.2 cm³/mol. The van der Waals surface area contributed by atoms with Crippen LogP contribution in [0.5, 0.6) is 0 Å². The van der Waals surface area contributed by atoms with Gasteiger partial charge in [-0.05, 0) is 68.1 Å². The first-order valence-corrected chi connectivity index (χ1v) is 8.75. The van der Waals surface area contributed by atoms with Gasteiger partial charge in [0, 0.05) is 0 Å². The molecule has 0 amide bonds. The molecule has 0 aliphatic heterocycles. The van der Waals surface area contributed by atoms with E-state index in [-0.39, 0.29) is 6.61 Å². The van der Waals surface area contributed by atoms with Crippen molar-refractivity contribution < 1.29 is 5.11 Å². The standard InChI is InChI=1S/C20H34O/c1-15(11-14-21)7-9-17-16(2)8-10-18-19(3,4)12-6-13-20(17,18)5/h11,17-18,21H,2,6-10,12-14H2,1,3-5H3/t17-,18-,20+/m0/s1. The van der Waals surface area contributed by atoms with Gasteiger partial charge in [0.15, 0.2) is 0 Å². The Morgan fingerprint density at radius 2 is 2.05 bits per heavy atom. The van der Waals surface area contributed by atoms with E-state index in [1.54, 1.807) is 0 Å². The Kier molecular flexibility index (Phi) is 5.03. The Balaban J connectivity index is 2.17. The first-order valence-electron chi connectivity index (χ1n) is 8.75. The molecule has 2 rings (SSSR count). The molecule has 0 radical (unpaired) electrons. The van der Waals surface area contributed by atoms with Gasteiger partial charge >= 0.3 is 0 Å². The van der Waals surface area contributed by atoms with E-state index in [9.17, 15) is 0 Å². The maximum atomic E-state index is 9.04. The minimum Gasteiger partial charge on any atom is -0.392 e. The van der Waals surface area contributed by atoms with Crippen LogP contribution in [-0.4, -0.2) is 11.7 Å². The van der Waals surface area contributed by atoms with E-state index in [0.717, 1.165) is 12.3 Å². The predicted octanol–water partition coefficient (Wildman–Crippen LogP) is 5.50. The van der Waals surface area contributed by atoms with Gasteiger partial charge in [0.1, 0.15) is 0 Å². The summed E-state index contributed by atoms with van der Waals surface area (Å²) in [7, 11) is 0. The smallest absolute Gasteiger partial charge is 0.0614 e. The molecular formula is C20H34O. The average molecular weight is 290 g/mol. The minimum atomic E-state index is 0.171. The lowest BCUT2D eigenvalue weighted by atomic mass is 9.47. The molecule has 0 aromatic heterocycles. The van der Waals surface area contributed by atoms with Crippen molar-refractivity contribution in [3.05, 3.63) is 23.8 Å². The molecular weight excluding hydrogens is 256 g/mol. The number of hydrogen-bond acceptors (Lipinski definition) is 1. The molecule has 1 N–H and O–H groups in total. The molecule has 2 saturated carbocycles. The van der Waals surface area contributed by atoms with Crippen LogP contribution in [0.15, 0.2) is 23.8 Å². The summed E-state index contributed by atoms with van der Waals surface area (Å²) < 4.78 is 0. The van der Waals surface area contributed by atoms with Crippen LogP contribution in [-0.2, 0) is 0 Å². The Morgan fingerprint density at radius 1 is 1.33 bits per heavy atom. The molecule has 2 aliphatic rings. The Labute approximate surface area is 131 Å². The van der Waals surface area contributed by atoms with Crippen LogP contribution in [0.1, 0.15) is 72.6 Å². The normalized spacial score (nSPS) is 36.4. The van der Waals surface area contributed by atoms with Crippen molar-refractivity contribution in [2.24, 2.45) is 22.7 Å². The molecule has 0 aromatic rings. The summed E-state index contributed by atoms with van der Waals surface area (Å²) in [6, 6.07) is 0. The van der Waals surface area contributed by atoms with E-state index in [1.165, 1.54) is 49.7 Å². The van der Waals surface area contributed by atoms with Crippen LogP contribution in [0.2, 0.25) is 0 Å². The molecule has 2 fully saturated rings. The summed E-state index contributed by atoms with van der Waals surface area (Å²) in [5.74, 6) is 1.51. The van der Waals surface area contributed by atoms with Crippen LogP contribution in [0, 0.1) is 22.7 Å². The summed E-state index contributed by atoms with van der Waals surface area (Å²) in [4.78, 5) is 0. The van der Waals surface area contributed by atoms with E-state index >= 15 is 0 Å². The number of aliphatic hydroxyl groups excluding tert-OH is 1.